The van der Waals surface area contributed by atoms with E-state index in [1.165, 1.54) is 11.8 Å². The minimum absolute atomic E-state index is 0.165. The smallest absolute Gasteiger partial charge is 0.435 e. The van der Waals surface area contributed by atoms with Gasteiger partial charge in [-0.1, -0.05) is 29.4 Å². The molecule has 0 saturated carbocycles. The van der Waals surface area contributed by atoms with E-state index in [9.17, 15) is 4.79 Å². The Balaban J connectivity index is 2.17. The second-order valence-corrected chi connectivity index (χ2v) is 8.60. The van der Waals surface area contributed by atoms with Crippen LogP contribution < -0.4 is 4.74 Å². The highest BCUT2D eigenvalue weighted by Gasteiger charge is 2.24. The third-order valence-corrected chi connectivity index (χ3v) is 5.19. The van der Waals surface area contributed by atoms with Crippen molar-refractivity contribution in [3.8, 4) is 5.75 Å². The van der Waals surface area contributed by atoms with Crippen molar-refractivity contribution in [1.29, 1.82) is 0 Å². The second-order valence-electron chi connectivity index (χ2n) is 6.98. The van der Waals surface area contributed by atoms with Gasteiger partial charge in [0.15, 0.2) is 5.15 Å². The summed E-state index contributed by atoms with van der Waals surface area (Å²) >= 11 is 12.6. The highest BCUT2D eigenvalue weighted by atomic mass is 35.5. The Hall–Kier alpha value is -2.38. The molecule has 6 nitrogen and oxygen atoms in total. The summed E-state index contributed by atoms with van der Waals surface area (Å²) in [4.78, 5) is 18.3. The number of hydrogen-bond acceptors (Lipinski definition) is 7. The summed E-state index contributed by atoms with van der Waals surface area (Å²) in [7, 11) is 1.61. The zero-order valence-electron chi connectivity index (χ0n) is 16.2. The average Bonchev–Trinajstić information content (AvgIpc) is 3.00. The van der Waals surface area contributed by atoms with Crippen molar-refractivity contribution < 1.29 is 14.3 Å². The van der Waals surface area contributed by atoms with Crippen LogP contribution in [0.5, 0.6) is 5.75 Å². The van der Waals surface area contributed by atoms with Crippen LogP contribution in [0.1, 0.15) is 20.8 Å². The van der Waals surface area contributed by atoms with E-state index < -0.39 is 11.7 Å². The van der Waals surface area contributed by atoms with Crippen LogP contribution in [0.2, 0.25) is 5.15 Å². The van der Waals surface area contributed by atoms with E-state index in [-0.39, 0.29) is 5.15 Å². The van der Waals surface area contributed by atoms with Gasteiger partial charge in [-0.3, -0.25) is 0 Å². The van der Waals surface area contributed by atoms with E-state index >= 15 is 0 Å². The van der Waals surface area contributed by atoms with E-state index in [2.05, 4.69) is 15.3 Å². The second kappa shape index (κ2) is 8.55. The maximum absolute atomic E-state index is 12.6. The lowest BCUT2D eigenvalue weighted by atomic mass is 10.2. The molecule has 0 bridgehead atoms. The van der Waals surface area contributed by atoms with E-state index in [0.717, 1.165) is 15.3 Å². The van der Waals surface area contributed by atoms with Gasteiger partial charge in [-0.15, -0.1) is 5.10 Å². The lowest BCUT2D eigenvalue weighted by Gasteiger charge is -2.19. The molecule has 29 heavy (non-hydrogen) atoms. The Morgan fingerprint density at radius 1 is 1.31 bits per heavy atom. The van der Waals surface area contributed by atoms with Crippen LogP contribution in [0.3, 0.4) is 0 Å². The Morgan fingerprint density at radius 3 is 2.72 bits per heavy atom. The highest BCUT2D eigenvalue weighted by molar-refractivity contribution is 7.99. The maximum Gasteiger partial charge on any atom is 0.435 e. The first kappa shape index (κ1) is 21.3. The van der Waals surface area contributed by atoms with Crippen molar-refractivity contribution in [3.63, 3.8) is 0 Å². The fraction of sp³-hybridized carbons (Fsp3) is 0.250. The summed E-state index contributed by atoms with van der Waals surface area (Å²) in [6.07, 6.45) is -0.613. The standard InChI is InChI=1S/C20H18ClN3O3S2/c1-20(2,3)27-19(25)24-15-9-8-14(22-11-28)17(16(15)18(21)23-24)29-13-7-5-6-12(10-13)26-4/h5-10H,1-4H3. The van der Waals surface area contributed by atoms with Crippen LogP contribution in [0.15, 0.2) is 51.2 Å². The van der Waals surface area contributed by atoms with E-state index in [4.69, 9.17) is 33.3 Å². The van der Waals surface area contributed by atoms with Gasteiger partial charge in [0.05, 0.1) is 33.8 Å². The minimum Gasteiger partial charge on any atom is -0.497 e. The third-order valence-electron chi connectivity index (χ3n) is 3.73. The normalized spacial score (nSPS) is 11.2. The lowest BCUT2D eigenvalue weighted by Crippen LogP contribution is -2.27. The topological polar surface area (TPSA) is 65.7 Å². The van der Waals surface area contributed by atoms with Gasteiger partial charge in [-0.2, -0.15) is 9.67 Å². The van der Waals surface area contributed by atoms with Crippen molar-refractivity contribution in [3.05, 3.63) is 41.6 Å². The van der Waals surface area contributed by atoms with Crippen LogP contribution in [0.25, 0.3) is 10.9 Å². The van der Waals surface area contributed by atoms with Crippen molar-refractivity contribution >= 4 is 63.4 Å². The molecular formula is C20H18ClN3O3S2. The number of halogens is 1. The Labute approximate surface area is 182 Å². The molecule has 2 aromatic carbocycles. The van der Waals surface area contributed by atoms with Crippen molar-refractivity contribution in [2.45, 2.75) is 36.2 Å². The molecule has 0 aliphatic carbocycles. The summed E-state index contributed by atoms with van der Waals surface area (Å²) < 4.78 is 11.9. The van der Waals surface area contributed by atoms with Gasteiger partial charge in [0.25, 0.3) is 0 Å². The highest BCUT2D eigenvalue weighted by Crippen LogP contribution is 2.43. The van der Waals surface area contributed by atoms with Gasteiger partial charge in [-0.25, -0.2) is 4.79 Å². The number of carbonyl (C=O) groups excluding carboxylic acids is 1. The van der Waals surface area contributed by atoms with Crippen molar-refractivity contribution in [2.24, 2.45) is 4.99 Å². The fourth-order valence-corrected chi connectivity index (χ4v) is 4.10. The fourth-order valence-electron chi connectivity index (χ4n) is 2.60. The van der Waals surface area contributed by atoms with Gasteiger partial charge in [0.2, 0.25) is 0 Å². The number of benzene rings is 2. The van der Waals surface area contributed by atoms with Crippen molar-refractivity contribution in [1.82, 2.24) is 9.78 Å². The molecule has 0 saturated heterocycles. The summed E-state index contributed by atoms with van der Waals surface area (Å²) in [5, 5.41) is 7.32. The van der Waals surface area contributed by atoms with Crippen LogP contribution in [-0.4, -0.2) is 33.7 Å². The molecule has 0 aliphatic rings. The molecular weight excluding hydrogens is 430 g/mol. The van der Waals surface area contributed by atoms with Crippen LogP contribution in [0, 0.1) is 0 Å². The molecule has 0 atom stereocenters. The number of aliphatic imine (C=N–C) groups is 1. The molecule has 9 heteroatoms. The monoisotopic (exact) mass is 447 g/mol. The number of hydrogen-bond donors (Lipinski definition) is 0. The maximum atomic E-state index is 12.6. The number of methoxy groups -OCH3 is 1. The average molecular weight is 448 g/mol. The summed E-state index contributed by atoms with van der Waals surface area (Å²) in [5.74, 6) is 0.720. The Bertz CT molecular complexity index is 1130. The van der Waals surface area contributed by atoms with Crippen LogP contribution >= 0.6 is 35.6 Å². The number of fused-ring (bicyclic) bond motifs is 1. The number of ether oxygens (including phenoxy) is 2. The van der Waals surface area contributed by atoms with Crippen molar-refractivity contribution in [2.75, 3.05) is 7.11 Å². The SMILES string of the molecule is COc1cccc(Sc2c(N=C=S)ccc3c2c(Cl)nn3C(=O)OC(C)(C)C)c1. The molecule has 0 radical (unpaired) electrons. The van der Waals surface area contributed by atoms with Gasteiger partial charge in [0.1, 0.15) is 11.4 Å². The van der Waals surface area contributed by atoms with Crippen LogP contribution in [-0.2, 0) is 4.74 Å². The predicted molar refractivity (Wildman–Crippen MR) is 118 cm³/mol. The summed E-state index contributed by atoms with van der Waals surface area (Å²) in [6, 6.07) is 11.0. The lowest BCUT2D eigenvalue weighted by molar-refractivity contribution is 0.0523. The molecule has 0 amide bonds. The third kappa shape index (κ3) is 4.79. The molecule has 3 aromatic rings. The van der Waals surface area contributed by atoms with E-state index in [1.807, 2.05) is 24.3 Å². The summed E-state index contributed by atoms with van der Waals surface area (Å²) in [6.45, 7) is 5.36. The molecule has 0 N–H and O–H groups in total. The molecule has 0 fully saturated rings. The van der Waals surface area contributed by atoms with Gasteiger partial charge < -0.3 is 9.47 Å². The first-order valence-electron chi connectivity index (χ1n) is 8.58. The molecule has 3 rings (SSSR count). The molecule has 150 valence electrons. The first-order chi connectivity index (χ1) is 13.7. The van der Waals surface area contributed by atoms with Crippen LogP contribution in [0.4, 0.5) is 10.5 Å². The molecule has 0 aliphatic heterocycles. The minimum atomic E-state index is -0.665. The number of thiocarbonyl (C=S) groups is 1. The number of nitrogens with zero attached hydrogens (tertiary/aromatic N) is 3. The molecule has 0 unspecified atom stereocenters. The van der Waals surface area contributed by atoms with E-state index in [1.54, 1.807) is 40.0 Å². The number of isothiocyanates is 1. The number of rotatable bonds is 4. The zero-order chi connectivity index (χ0) is 21.2. The Morgan fingerprint density at radius 2 is 2.07 bits per heavy atom. The quantitative estimate of drug-likeness (QED) is 0.342. The summed E-state index contributed by atoms with van der Waals surface area (Å²) in [5.41, 5.74) is 0.422. The zero-order valence-corrected chi connectivity index (χ0v) is 18.6. The Kier molecular flexibility index (Phi) is 6.29. The number of carbonyl (C=O) groups is 1. The first-order valence-corrected chi connectivity index (χ1v) is 10.2. The molecule has 0 spiro atoms. The molecule has 1 aromatic heterocycles. The van der Waals surface area contributed by atoms with Gasteiger partial charge in [-0.05, 0) is 63.3 Å². The van der Waals surface area contributed by atoms with Gasteiger partial charge >= 0.3 is 6.09 Å². The van der Waals surface area contributed by atoms with Gasteiger partial charge in [0, 0.05) is 4.90 Å². The number of aromatic nitrogens is 2. The largest absolute Gasteiger partial charge is 0.497 e. The predicted octanol–water partition coefficient (Wildman–Crippen LogP) is 6.37. The molecule has 1 heterocycles. The van der Waals surface area contributed by atoms with E-state index in [0.29, 0.717) is 21.5 Å².